The molecule has 0 radical (unpaired) electrons. The number of para-hydroxylation sites is 1. The average molecular weight is 334 g/mol. The normalized spacial score (nSPS) is 26.3. The minimum atomic E-state index is -0.135. The molecule has 1 aromatic rings. The SMILES string of the molecule is COc1cccc(CN2CCN([C@H]3CCCC[C@@H]3O)CC2)c1OC. The van der Waals surface area contributed by atoms with Gasteiger partial charge in [-0.05, 0) is 18.9 Å². The Kier molecular flexibility index (Phi) is 5.98. The van der Waals surface area contributed by atoms with E-state index in [9.17, 15) is 5.11 Å². The molecule has 0 amide bonds. The Balaban J connectivity index is 1.58. The van der Waals surface area contributed by atoms with E-state index in [-0.39, 0.29) is 6.10 Å². The summed E-state index contributed by atoms with van der Waals surface area (Å²) in [5.74, 6) is 1.63. The number of aliphatic hydroxyl groups excluding tert-OH is 1. The highest BCUT2D eigenvalue weighted by Gasteiger charge is 2.31. The van der Waals surface area contributed by atoms with E-state index < -0.39 is 0 Å². The largest absolute Gasteiger partial charge is 0.493 e. The number of rotatable bonds is 5. The fourth-order valence-corrected chi connectivity index (χ4v) is 4.09. The second-order valence-corrected chi connectivity index (χ2v) is 6.88. The zero-order chi connectivity index (χ0) is 16.9. The van der Waals surface area contributed by atoms with Crippen LogP contribution in [0.5, 0.6) is 11.5 Å². The van der Waals surface area contributed by atoms with Gasteiger partial charge in [0.2, 0.25) is 0 Å². The molecule has 5 heteroatoms. The fraction of sp³-hybridized carbons (Fsp3) is 0.684. The van der Waals surface area contributed by atoms with Crippen LogP contribution >= 0.6 is 0 Å². The molecule has 0 aromatic heterocycles. The minimum absolute atomic E-state index is 0.135. The summed E-state index contributed by atoms with van der Waals surface area (Å²) >= 11 is 0. The first kappa shape index (κ1) is 17.5. The van der Waals surface area contributed by atoms with Crippen molar-refractivity contribution in [2.75, 3.05) is 40.4 Å². The molecule has 3 rings (SSSR count). The molecule has 134 valence electrons. The predicted molar refractivity (Wildman–Crippen MR) is 94.7 cm³/mol. The summed E-state index contributed by atoms with van der Waals surface area (Å²) in [4.78, 5) is 4.95. The summed E-state index contributed by atoms with van der Waals surface area (Å²) < 4.78 is 10.9. The summed E-state index contributed by atoms with van der Waals surface area (Å²) in [5, 5.41) is 10.3. The Labute approximate surface area is 145 Å². The van der Waals surface area contributed by atoms with Gasteiger partial charge in [0.05, 0.1) is 20.3 Å². The summed E-state index contributed by atoms with van der Waals surface area (Å²) in [6.07, 6.45) is 4.40. The molecule has 1 N–H and O–H groups in total. The number of ether oxygens (including phenoxy) is 2. The third kappa shape index (κ3) is 3.85. The van der Waals surface area contributed by atoms with E-state index in [0.29, 0.717) is 6.04 Å². The topological polar surface area (TPSA) is 45.2 Å². The van der Waals surface area contributed by atoms with Crippen LogP contribution in [0, 0.1) is 0 Å². The smallest absolute Gasteiger partial charge is 0.165 e. The zero-order valence-corrected chi connectivity index (χ0v) is 14.9. The molecule has 1 saturated heterocycles. The summed E-state index contributed by atoms with van der Waals surface area (Å²) in [7, 11) is 3.37. The first-order chi connectivity index (χ1) is 11.7. The van der Waals surface area contributed by atoms with Crippen molar-refractivity contribution >= 4 is 0 Å². The third-order valence-electron chi connectivity index (χ3n) is 5.45. The maximum atomic E-state index is 10.3. The zero-order valence-electron chi connectivity index (χ0n) is 14.9. The van der Waals surface area contributed by atoms with Gasteiger partial charge < -0.3 is 14.6 Å². The Bertz CT molecular complexity index is 529. The van der Waals surface area contributed by atoms with Crippen LogP contribution in [-0.4, -0.2) is 67.5 Å². The predicted octanol–water partition coefficient (Wildman–Crippen LogP) is 2.12. The van der Waals surface area contributed by atoms with Gasteiger partial charge in [-0.3, -0.25) is 9.80 Å². The highest BCUT2D eigenvalue weighted by atomic mass is 16.5. The van der Waals surface area contributed by atoms with E-state index in [4.69, 9.17) is 9.47 Å². The van der Waals surface area contributed by atoms with Gasteiger partial charge in [0, 0.05) is 44.3 Å². The molecule has 24 heavy (non-hydrogen) atoms. The van der Waals surface area contributed by atoms with Gasteiger partial charge in [-0.25, -0.2) is 0 Å². The Morgan fingerprint density at radius 3 is 2.46 bits per heavy atom. The molecule has 1 aromatic carbocycles. The van der Waals surface area contributed by atoms with E-state index in [1.165, 1.54) is 18.4 Å². The Hall–Kier alpha value is -1.30. The second kappa shape index (κ2) is 8.19. The fourth-order valence-electron chi connectivity index (χ4n) is 4.09. The van der Waals surface area contributed by atoms with E-state index >= 15 is 0 Å². The summed E-state index contributed by atoms with van der Waals surface area (Å²) in [6, 6.07) is 6.43. The molecule has 5 nitrogen and oxygen atoms in total. The van der Waals surface area contributed by atoms with Crippen LogP contribution in [0.15, 0.2) is 18.2 Å². The van der Waals surface area contributed by atoms with Gasteiger partial charge in [-0.1, -0.05) is 25.0 Å². The molecule has 0 unspecified atom stereocenters. The minimum Gasteiger partial charge on any atom is -0.493 e. The van der Waals surface area contributed by atoms with Crippen LogP contribution in [0.3, 0.4) is 0 Å². The molecule has 1 aliphatic heterocycles. The van der Waals surface area contributed by atoms with Crippen LogP contribution < -0.4 is 9.47 Å². The highest BCUT2D eigenvalue weighted by molar-refractivity contribution is 5.46. The van der Waals surface area contributed by atoms with Crippen LogP contribution in [-0.2, 0) is 6.54 Å². The maximum absolute atomic E-state index is 10.3. The third-order valence-corrected chi connectivity index (χ3v) is 5.45. The molecular formula is C19H30N2O3. The van der Waals surface area contributed by atoms with Crippen molar-refractivity contribution in [1.82, 2.24) is 9.80 Å². The lowest BCUT2D eigenvalue weighted by atomic mass is 9.91. The van der Waals surface area contributed by atoms with Crippen LogP contribution in [0.4, 0.5) is 0 Å². The molecule has 1 heterocycles. The number of methoxy groups -OCH3 is 2. The van der Waals surface area contributed by atoms with Gasteiger partial charge >= 0.3 is 0 Å². The number of hydrogen-bond donors (Lipinski definition) is 1. The molecule has 1 aliphatic carbocycles. The first-order valence-corrected chi connectivity index (χ1v) is 9.07. The number of nitrogens with zero attached hydrogens (tertiary/aromatic N) is 2. The lowest BCUT2D eigenvalue weighted by Crippen LogP contribution is -2.54. The highest BCUT2D eigenvalue weighted by Crippen LogP contribution is 2.32. The second-order valence-electron chi connectivity index (χ2n) is 6.88. The molecule has 2 atom stereocenters. The quantitative estimate of drug-likeness (QED) is 0.894. The maximum Gasteiger partial charge on any atom is 0.165 e. The van der Waals surface area contributed by atoms with E-state index in [0.717, 1.165) is 57.1 Å². The van der Waals surface area contributed by atoms with Crippen molar-refractivity contribution in [1.29, 1.82) is 0 Å². The molecule has 2 fully saturated rings. The van der Waals surface area contributed by atoms with Gasteiger partial charge in [0.1, 0.15) is 0 Å². The van der Waals surface area contributed by atoms with Crippen molar-refractivity contribution in [2.45, 2.75) is 44.4 Å². The van der Waals surface area contributed by atoms with Crippen molar-refractivity contribution in [2.24, 2.45) is 0 Å². The first-order valence-electron chi connectivity index (χ1n) is 9.07. The van der Waals surface area contributed by atoms with Crippen molar-refractivity contribution < 1.29 is 14.6 Å². The van der Waals surface area contributed by atoms with Gasteiger partial charge in [-0.15, -0.1) is 0 Å². The number of piperazine rings is 1. The summed E-state index contributed by atoms with van der Waals surface area (Å²) in [5.41, 5.74) is 1.17. The number of aliphatic hydroxyl groups is 1. The van der Waals surface area contributed by atoms with Crippen molar-refractivity contribution in [3.8, 4) is 11.5 Å². The van der Waals surface area contributed by atoms with Gasteiger partial charge in [0.15, 0.2) is 11.5 Å². The Morgan fingerprint density at radius 1 is 1.04 bits per heavy atom. The van der Waals surface area contributed by atoms with Gasteiger partial charge in [0.25, 0.3) is 0 Å². The van der Waals surface area contributed by atoms with Crippen molar-refractivity contribution in [3.63, 3.8) is 0 Å². The summed E-state index contributed by atoms with van der Waals surface area (Å²) in [6.45, 7) is 5.01. The van der Waals surface area contributed by atoms with E-state index in [1.807, 2.05) is 12.1 Å². The molecule has 2 aliphatic rings. The number of hydrogen-bond acceptors (Lipinski definition) is 5. The van der Waals surface area contributed by atoms with E-state index in [2.05, 4.69) is 15.9 Å². The van der Waals surface area contributed by atoms with Crippen molar-refractivity contribution in [3.05, 3.63) is 23.8 Å². The lowest BCUT2D eigenvalue weighted by molar-refractivity contribution is -0.00481. The monoisotopic (exact) mass is 334 g/mol. The van der Waals surface area contributed by atoms with E-state index in [1.54, 1.807) is 14.2 Å². The Morgan fingerprint density at radius 2 is 1.79 bits per heavy atom. The average Bonchev–Trinajstić information content (AvgIpc) is 2.62. The molecule has 0 bridgehead atoms. The molecule has 1 saturated carbocycles. The van der Waals surface area contributed by atoms with Gasteiger partial charge in [-0.2, -0.15) is 0 Å². The standard InChI is InChI=1S/C19H30N2O3/c1-23-18-9-5-6-15(19(18)24-2)14-20-10-12-21(13-11-20)16-7-3-4-8-17(16)22/h5-6,9,16-17,22H,3-4,7-8,10-14H2,1-2H3/t16-,17-/m0/s1. The van der Waals surface area contributed by atoms with Crippen LogP contribution in [0.25, 0.3) is 0 Å². The number of benzene rings is 1. The lowest BCUT2D eigenvalue weighted by Gasteiger charge is -2.42. The molecular weight excluding hydrogens is 304 g/mol. The molecule has 0 spiro atoms. The van der Waals surface area contributed by atoms with Crippen LogP contribution in [0.2, 0.25) is 0 Å². The van der Waals surface area contributed by atoms with Crippen LogP contribution in [0.1, 0.15) is 31.2 Å².